The monoisotopic (exact) mass is 495 g/mol. The lowest BCUT2D eigenvalue weighted by atomic mass is 9.97. The largest absolute Gasteiger partial charge is 0.489 e. The van der Waals surface area contributed by atoms with Crippen LogP contribution in [0.15, 0.2) is 81.5 Å². The third-order valence-electron chi connectivity index (χ3n) is 6.49. The molecular weight excluding hydrogens is 474 g/mol. The molecule has 1 amide bonds. The van der Waals surface area contributed by atoms with Crippen molar-refractivity contribution in [2.45, 2.75) is 26.5 Å². The molecule has 178 valence electrons. The normalized spacial score (nSPS) is 14.9. The van der Waals surface area contributed by atoms with E-state index in [1.807, 2.05) is 74.5 Å². The highest BCUT2D eigenvalue weighted by molar-refractivity contribution is 7.13. The Morgan fingerprint density at radius 2 is 1.75 bits per heavy atom. The maximum Gasteiger partial charge on any atom is 0.297 e. The number of aromatic nitrogens is 2. The molecule has 8 heteroatoms. The van der Waals surface area contributed by atoms with E-state index < -0.39 is 11.9 Å². The van der Waals surface area contributed by atoms with Crippen LogP contribution >= 0.6 is 11.3 Å². The molecule has 0 aliphatic carbocycles. The second kappa shape index (κ2) is 8.73. The zero-order valence-corrected chi connectivity index (χ0v) is 20.4. The Morgan fingerprint density at radius 3 is 2.47 bits per heavy atom. The van der Waals surface area contributed by atoms with Gasteiger partial charge in [-0.1, -0.05) is 53.8 Å². The SMILES string of the molecule is Cc1cc2oc3c(c(=O)c2cc1C)C(c1ccc(OCc2ccccc2)cc1)N(c1nncs1)C3=O. The zero-order valence-electron chi connectivity index (χ0n) is 19.6. The number of carbonyl (C=O) groups is 1. The molecule has 3 aromatic carbocycles. The van der Waals surface area contributed by atoms with Crippen LogP contribution in [0.3, 0.4) is 0 Å². The molecular formula is C28H21N3O4S. The molecule has 5 aromatic rings. The highest BCUT2D eigenvalue weighted by Gasteiger charge is 2.45. The molecule has 0 N–H and O–H groups in total. The van der Waals surface area contributed by atoms with Crippen LogP contribution in [0.4, 0.5) is 5.13 Å². The van der Waals surface area contributed by atoms with Crippen LogP contribution in [-0.2, 0) is 6.61 Å². The minimum Gasteiger partial charge on any atom is -0.489 e. The second-order valence-corrected chi connectivity index (χ2v) is 9.56. The van der Waals surface area contributed by atoms with Gasteiger partial charge in [-0.05, 0) is 60.4 Å². The van der Waals surface area contributed by atoms with Crippen molar-refractivity contribution in [3.63, 3.8) is 0 Å². The first-order valence-electron chi connectivity index (χ1n) is 11.5. The third-order valence-corrected chi connectivity index (χ3v) is 7.17. The van der Waals surface area contributed by atoms with Crippen LogP contribution < -0.4 is 15.1 Å². The topological polar surface area (TPSA) is 85.5 Å². The van der Waals surface area contributed by atoms with Crippen molar-refractivity contribution in [2.75, 3.05) is 4.90 Å². The van der Waals surface area contributed by atoms with E-state index in [9.17, 15) is 9.59 Å². The van der Waals surface area contributed by atoms with Crippen LogP contribution in [0, 0.1) is 13.8 Å². The number of benzene rings is 3. The molecule has 6 rings (SSSR count). The lowest BCUT2D eigenvalue weighted by molar-refractivity contribution is 0.0970. The van der Waals surface area contributed by atoms with Crippen molar-refractivity contribution in [2.24, 2.45) is 0 Å². The summed E-state index contributed by atoms with van der Waals surface area (Å²) in [5, 5.41) is 8.88. The fourth-order valence-corrected chi connectivity index (χ4v) is 5.08. The van der Waals surface area contributed by atoms with Crippen molar-refractivity contribution >= 4 is 33.3 Å². The van der Waals surface area contributed by atoms with Gasteiger partial charge in [0, 0.05) is 0 Å². The molecule has 0 bridgehead atoms. The minimum atomic E-state index is -0.689. The molecule has 36 heavy (non-hydrogen) atoms. The van der Waals surface area contributed by atoms with Gasteiger partial charge in [-0.25, -0.2) is 0 Å². The van der Waals surface area contributed by atoms with E-state index in [4.69, 9.17) is 9.15 Å². The molecule has 3 heterocycles. The fraction of sp³-hybridized carbons (Fsp3) is 0.143. The number of carbonyl (C=O) groups excluding carboxylic acids is 1. The van der Waals surface area contributed by atoms with Gasteiger partial charge >= 0.3 is 0 Å². The molecule has 1 atom stereocenters. The molecule has 0 saturated heterocycles. The van der Waals surface area contributed by atoms with E-state index in [0.29, 0.717) is 34.0 Å². The van der Waals surface area contributed by atoms with Crippen LogP contribution in [0.25, 0.3) is 11.0 Å². The number of rotatable bonds is 5. The Balaban J connectivity index is 1.44. The number of hydrogen-bond donors (Lipinski definition) is 0. The standard InChI is InChI=1S/C28H21N3O4S/c1-16-12-21-22(13-17(16)2)35-26-23(25(21)32)24(31(27(26)33)28-30-29-15-36-28)19-8-10-20(11-9-19)34-14-18-6-4-3-5-7-18/h3-13,15,24H,14H2,1-2H3. The molecule has 0 saturated carbocycles. The summed E-state index contributed by atoms with van der Waals surface area (Å²) in [6, 6.07) is 20.3. The van der Waals surface area contributed by atoms with E-state index in [-0.39, 0.29) is 11.2 Å². The zero-order chi connectivity index (χ0) is 24.8. The van der Waals surface area contributed by atoms with E-state index in [0.717, 1.165) is 22.3 Å². The lowest BCUT2D eigenvalue weighted by Gasteiger charge is -2.22. The Morgan fingerprint density at radius 1 is 1.00 bits per heavy atom. The smallest absolute Gasteiger partial charge is 0.297 e. The number of amides is 1. The number of ether oxygens (including phenoxy) is 1. The summed E-state index contributed by atoms with van der Waals surface area (Å²) in [5.74, 6) is 0.319. The maximum absolute atomic E-state index is 13.8. The molecule has 1 aliphatic rings. The van der Waals surface area contributed by atoms with Gasteiger partial charge in [0.2, 0.25) is 10.9 Å². The molecule has 7 nitrogen and oxygen atoms in total. The molecule has 1 aliphatic heterocycles. The summed E-state index contributed by atoms with van der Waals surface area (Å²) in [4.78, 5) is 28.8. The van der Waals surface area contributed by atoms with Gasteiger partial charge in [0.05, 0.1) is 17.0 Å². The third kappa shape index (κ3) is 3.67. The van der Waals surface area contributed by atoms with Gasteiger partial charge < -0.3 is 9.15 Å². The summed E-state index contributed by atoms with van der Waals surface area (Å²) in [6.45, 7) is 4.34. The predicted octanol–water partition coefficient (Wildman–Crippen LogP) is 5.59. The summed E-state index contributed by atoms with van der Waals surface area (Å²) in [7, 11) is 0. The highest BCUT2D eigenvalue weighted by atomic mass is 32.1. The fourth-order valence-electron chi connectivity index (χ4n) is 4.50. The Labute approximate surface area is 210 Å². The Hall–Kier alpha value is -4.30. The molecule has 2 aromatic heterocycles. The number of nitrogens with zero attached hydrogens (tertiary/aromatic N) is 3. The first-order chi connectivity index (χ1) is 17.5. The van der Waals surface area contributed by atoms with Crippen LogP contribution in [-0.4, -0.2) is 16.1 Å². The Kier molecular flexibility index (Phi) is 5.38. The van der Waals surface area contributed by atoms with E-state index in [1.165, 1.54) is 16.2 Å². The van der Waals surface area contributed by atoms with E-state index >= 15 is 0 Å². The van der Waals surface area contributed by atoms with E-state index in [2.05, 4.69) is 10.2 Å². The average molecular weight is 496 g/mol. The maximum atomic E-state index is 13.8. The average Bonchev–Trinajstić information content (AvgIpc) is 3.52. The van der Waals surface area contributed by atoms with Crippen molar-refractivity contribution in [1.82, 2.24) is 10.2 Å². The number of anilines is 1. The second-order valence-electron chi connectivity index (χ2n) is 8.75. The quantitative estimate of drug-likeness (QED) is 0.316. The first kappa shape index (κ1) is 22.2. The van der Waals surface area contributed by atoms with Crippen LogP contribution in [0.2, 0.25) is 0 Å². The van der Waals surface area contributed by atoms with E-state index in [1.54, 1.807) is 11.6 Å². The molecule has 0 radical (unpaired) electrons. The van der Waals surface area contributed by atoms with Crippen molar-refractivity contribution in [1.29, 1.82) is 0 Å². The van der Waals surface area contributed by atoms with Gasteiger partial charge in [0.1, 0.15) is 23.4 Å². The van der Waals surface area contributed by atoms with Crippen LogP contribution in [0.5, 0.6) is 5.75 Å². The predicted molar refractivity (Wildman–Crippen MR) is 138 cm³/mol. The number of aryl methyl sites for hydroxylation is 2. The Bertz CT molecular complexity index is 1650. The number of hydrogen-bond acceptors (Lipinski definition) is 7. The summed E-state index contributed by atoms with van der Waals surface area (Å²) >= 11 is 1.23. The molecule has 0 fully saturated rings. The summed E-state index contributed by atoms with van der Waals surface area (Å²) in [5.41, 5.74) is 5.83. The van der Waals surface area contributed by atoms with Crippen molar-refractivity contribution in [3.05, 3.63) is 116 Å². The van der Waals surface area contributed by atoms with Gasteiger partial charge in [-0.15, -0.1) is 10.2 Å². The van der Waals surface area contributed by atoms with Gasteiger partial charge in [-0.2, -0.15) is 0 Å². The molecule has 0 spiro atoms. The van der Waals surface area contributed by atoms with Crippen molar-refractivity contribution < 1.29 is 13.9 Å². The number of fused-ring (bicyclic) bond motifs is 2. The van der Waals surface area contributed by atoms with Crippen LogP contribution in [0.1, 0.15) is 44.4 Å². The molecule has 1 unspecified atom stereocenters. The summed E-state index contributed by atoms with van der Waals surface area (Å²) < 4.78 is 12.0. The van der Waals surface area contributed by atoms with Gasteiger partial charge in [0.15, 0.2) is 5.43 Å². The van der Waals surface area contributed by atoms with Gasteiger partial charge in [0.25, 0.3) is 5.91 Å². The van der Waals surface area contributed by atoms with Gasteiger partial charge in [-0.3, -0.25) is 14.5 Å². The minimum absolute atomic E-state index is 0.0420. The summed E-state index contributed by atoms with van der Waals surface area (Å²) in [6.07, 6.45) is 0. The highest BCUT2D eigenvalue weighted by Crippen LogP contribution is 2.42. The first-order valence-corrected chi connectivity index (χ1v) is 12.3. The van der Waals surface area contributed by atoms with Crippen molar-refractivity contribution in [3.8, 4) is 5.75 Å². The lowest BCUT2D eigenvalue weighted by Crippen LogP contribution is -2.29.